The van der Waals surface area contributed by atoms with E-state index in [1.165, 1.54) is 0 Å². The Morgan fingerprint density at radius 3 is 1.20 bits per heavy atom. The summed E-state index contributed by atoms with van der Waals surface area (Å²) < 4.78 is 0. The standard InChI is InChI=1S/2C4H4N.2C2H5.Ru/c2*1-2-4-5-3-1;2*1-2;/h2*1-3,5H;2*1H2,2H3;/q4*-1;+4. The second-order valence-corrected chi connectivity index (χ2v) is 1.63. The topological polar surface area (TPSA) is 31.6 Å². The van der Waals surface area contributed by atoms with Crippen molar-refractivity contribution < 1.29 is 19.5 Å². The average molecular weight is 291 g/mol. The minimum absolute atomic E-state index is 0. The molecule has 0 amide bonds. The fraction of sp³-hybridized carbons (Fsp3) is 0.167. The minimum atomic E-state index is 0. The largest absolute Gasteiger partial charge is 4.00 e. The van der Waals surface area contributed by atoms with Gasteiger partial charge in [0.1, 0.15) is 0 Å². The molecule has 0 aliphatic carbocycles. The van der Waals surface area contributed by atoms with Crippen molar-refractivity contribution in [1.29, 1.82) is 0 Å². The van der Waals surface area contributed by atoms with Gasteiger partial charge in [0.2, 0.25) is 0 Å². The number of aromatic nitrogens is 2. The first kappa shape index (κ1) is 19.7. The molecular formula is C12H18N2Ru. The molecule has 3 heteroatoms. The zero-order valence-electron chi connectivity index (χ0n) is 9.23. The van der Waals surface area contributed by atoms with E-state index in [1.807, 2.05) is 36.7 Å². The Morgan fingerprint density at radius 1 is 0.800 bits per heavy atom. The molecule has 2 nitrogen and oxygen atoms in total. The smallest absolute Gasteiger partial charge is 0.484 e. The molecule has 0 fully saturated rings. The number of hydrogen-bond acceptors (Lipinski definition) is 0. The molecule has 0 saturated carbocycles. The van der Waals surface area contributed by atoms with Crippen molar-refractivity contribution in [3.63, 3.8) is 0 Å². The molecule has 0 saturated heterocycles. The quantitative estimate of drug-likeness (QED) is 0.551. The molecule has 0 unspecified atom stereocenters. The number of hydrogen-bond donors (Lipinski definition) is 2. The number of nitrogens with one attached hydrogen (secondary N) is 2. The van der Waals surface area contributed by atoms with Crippen molar-refractivity contribution in [1.82, 2.24) is 9.97 Å². The summed E-state index contributed by atoms with van der Waals surface area (Å²) in [4.78, 5) is 5.47. The van der Waals surface area contributed by atoms with Crippen molar-refractivity contribution in [2.24, 2.45) is 0 Å². The van der Waals surface area contributed by atoms with Gasteiger partial charge < -0.3 is 23.8 Å². The van der Waals surface area contributed by atoms with E-state index in [9.17, 15) is 0 Å². The van der Waals surface area contributed by atoms with E-state index in [4.69, 9.17) is 0 Å². The zero-order valence-corrected chi connectivity index (χ0v) is 11.0. The van der Waals surface area contributed by atoms with Crippen LogP contribution in [0.15, 0.2) is 36.7 Å². The third-order valence-electron chi connectivity index (χ3n) is 0.885. The number of H-pyrrole nitrogens is 2. The van der Waals surface area contributed by atoms with E-state index in [0.717, 1.165) is 0 Å². The Hall–Kier alpha value is -0.817. The summed E-state index contributed by atoms with van der Waals surface area (Å²) in [6.45, 7) is 10.0. The molecule has 2 N–H and O–H groups in total. The zero-order chi connectivity index (χ0) is 11.1. The van der Waals surface area contributed by atoms with Crippen LogP contribution in [-0.2, 0) is 19.5 Å². The average Bonchev–Trinajstić information content (AvgIpc) is 3.01. The van der Waals surface area contributed by atoms with Gasteiger partial charge in [0.15, 0.2) is 0 Å². The van der Waals surface area contributed by atoms with Crippen LogP contribution in [0.4, 0.5) is 0 Å². The Bertz CT molecular complexity index is 153. The van der Waals surface area contributed by atoms with Crippen molar-refractivity contribution in [2.45, 2.75) is 13.8 Å². The van der Waals surface area contributed by atoms with Crippen LogP contribution in [0.2, 0.25) is 0 Å². The van der Waals surface area contributed by atoms with Crippen LogP contribution in [-0.4, -0.2) is 9.97 Å². The van der Waals surface area contributed by atoms with Crippen LogP contribution in [0.1, 0.15) is 13.8 Å². The summed E-state index contributed by atoms with van der Waals surface area (Å²) in [5.41, 5.74) is 0. The monoisotopic (exact) mass is 292 g/mol. The number of rotatable bonds is 0. The van der Waals surface area contributed by atoms with Crippen molar-refractivity contribution in [3.8, 4) is 0 Å². The van der Waals surface area contributed by atoms with Gasteiger partial charge in [-0.15, -0.1) is 12.4 Å². The van der Waals surface area contributed by atoms with E-state index < -0.39 is 0 Å². The van der Waals surface area contributed by atoms with E-state index in [2.05, 4.69) is 36.2 Å². The second kappa shape index (κ2) is 23.2. The summed E-state index contributed by atoms with van der Waals surface area (Å²) >= 11 is 0. The first-order valence-electron chi connectivity index (χ1n) is 4.40. The molecule has 2 rings (SSSR count). The fourth-order valence-electron chi connectivity index (χ4n) is 0.481. The van der Waals surface area contributed by atoms with Crippen molar-refractivity contribution >= 4 is 0 Å². The summed E-state index contributed by atoms with van der Waals surface area (Å²) in [6, 6.07) is 7.42. The third kappa shape index (κ3) is 19.6. The molecule has 2 aromatic rings. The first-order valence-corrected chi connectivity index (χ1v) is 4.40. The van der Waals surface area contributed by atoms with Crippen molar-refractivity contribution in [3.05, 3.63) is 62.9 Å². The summed E-state index contributed by atoms with van der Waals surface area (Å²) in [5, 5.41) is 0. The predicted molar refractivity (Wildman–Crippen MR) is 61.3 cm³/mol. The molecule has 0 atom stereocenters. The fourth-order valence-corrected chi connectivity index (χ4v) is 0.481. The van der Waals surface area contributed by atoms with Gasteiger partial charge in [-0.1, -0.05) is 0 Å². The van der Waals surface area contributed by atoms with Gasteiger partial charge in [0, 0.05) is 0 Å². The molecule has 0 spiro atoms. The van der Waals surface area contributed by atoms with Crippen LogP contribution in [0, 0.1) is 26.2 Å². The molecule has 0 aliphatic heterocycles. The molecule has 0 radical (unpaired) electrons. The molecule has 2 aromatic heterocycles. The maximum atomic E-state index is 3.25. The van der Waals surface area contributed by atoms with Crippen LogP contribution in [0.3, 0.4) is 0 Å². The maximum absolute atomic E-state index is 3.25. The SMILES string of the molecule is [CH2-]C.[CH2-]C.[Ru+4].[c-]1ccc[nH]1.[c-]1ccc[nH]1. The third-order valence-corrected chi connectivity index (χ3v) is 0.885. The normalized spacial score (nSPS) is 6.13. The van der Waals surface area contributed by atoms with Crippen LogP contribution < -0.4 is 0 Å². The van der Waals surface area contributed by atoms with E-state index >= 15 is 0 Å². The number of aromatic amines is 2. The minimum Gasteiger partial charge on any atom is -0.484 e. The molecule has 0 aliphatic rings. The Kier molecular flexibility index (Phi) is 30.5. The van der Waals surface area contributed by atoms with Crippen LogP contribution in [0.5, 0.6) is 0 Å². The second-order valence-electron chi connectivity index (χ2n) is 1.63. The summed E-state index contributed by atoms with van der Waals surface area (Å²) in [6.07, 6.45) is 9.11. The summed E-state index contributed by atoms with van der Waals surface area (Å²) in [7, 11) is 0. The molecule has 84 valence electrons. The van der Waals surface area contributed by atoms with Gasteiger partial charge in [0.05, 0.1) is 0 Å². The molecular weight excluding hydrogens is 273 g/mol. The molecule has 15 heavy (non-hydrogen) atoms. The van der Waals surface area contributed by atoms with Crippen molar-refractivity contribution in [2.75, 3.05) is 0 Å². The van der Waals surface area contributed by atoms with Crippen LogP contribution in [0.25, 0.3) is 0 Å². The maximum Gasteiger partial charge on any atom is 4.00 e. The van der Waals surface area contributed by atoms with Crippen LogP contribution >= 0.6 is 0 Å². The van der Waals surface area contributed by atoms with Gasteiger partial charge in [-0.2, -0.15) is 50.5 Å². The predicted octanol–water partition coefficient (Wildman–Crippen LogP) is 3.31. The van der Waals surface area contributed by atoms with Gasteiger partial charge >= 0.3 is 19.5 Å². The Labute approximate surface area is 106 Å². The first-order chi connectivity index (χ1) is 7.00. The molecule has 2 heterocycles. The molecule has 0 bridgehead atoms. The van der Waals surface area contributed by atoms with Gasteiger partial charge in [-0.3, -0.25) is 0 Å². The van der Waals surface area contributed by atoms with Gasteiger partial charge in [-0.05, 0) is 0 Å². The van der Waals surface area contributed by atoms with E-state index in [1.54, 1.807) is 13.8 Å². The van der Waals surface area contributed by atoms with E-state index in [-0.39, 0.29) is 19.5 Å². The van der Waals surface area contributed by atoms with E-state index in [0.29, 0.717) is 0 Å². The molecule has 0 aromatic carbocycles. The Morgan fingerprint density at radius 2 is 1.13 bits per heavy atom. The Balaban J connectivity index is -0.000000138. The van der Waals surface area contributed by atoms with Gasteiger partial charge in [0.25, 0.3) is 0 Å². The summed E-state index contributed by atoms with van der Waals surface area (Å²) in [5.74, 6) is 0. The van der Waals surface area contributed by atoms with Gasteiger partial charge in [-0.25, -0.2) is 0 Å².